The van der Waals surface area contributed by atoms with E-state index in [1.54, 1.807) is 0 Å². The Morgan fingerprint density at radius 3 is 2.41 bits per heavy atom. The van der Waals surface area contributed by atoms with Crippen LogP contribution in [0.15, 0.2) is 60.7 Å². The summed E-state index contributed by atoms with van der Waals surface area (Å²) in [6, 6.07) is 19.0. The monoisotopic (exact) mass is 397 g/mol. The Balaban J connectivity index is 1.47. The lowest BCUT2D eigenvalue weighted by Crippen LogP contribution is -2.51. The van der Waals surface area contributed by atoms with Crippen LogP contribution >= 0.6 is 0 Å². The van der Waals surface area contributed by atoms with Gasteiger partial charge in [-0.2, -0.15) is 0 Å². The maximum atomic E-state index is 12.7. The fourth-order valence-electron chi connectivity index (χ4n) is 3.11. The van der Waals surface area contributed by atoms with Crippen molar-refractivity contribution in [3.8, 4) is 0 Å². The molecule has 0 bridgehead atoms. The summed E-state index contributed by atoms with van der Waals surface area (Å²) in [6.45, 7) is 4.66. The second-order valence-corrected chi connectivity index (χ2v) is 7.75. The number of rotatable bonds is 7. The van der Waals surface area contributed by atoms with E-state index in [1.165, 1.54) is 0 Å². The summed E-state index contributed by atoms with van der Waals surface area (Å²) in [5.74, 6) is -0.612. The van der Waals surface area contributed by atoms with Gasteiger partial charge < -0.3 is 19.5 Å². The zero-order valence-corrected chi connectivity index (χ0v) is 16.8. The summed E-state index contributed by atoms with van der Waals surface area (Å²) in [5.41, 5.74) is 1.31. The van der Waals surface area contributed by atoms with Gasteiger partial charge in [0.1, 0.15) is 12.7 Å². The molecular formula is C23H27NO5. The highest BCUT2D eigenvalue weighted by molar-refractivity contribution is 5.82. The van der Waals surface area contributed by atoms with Crippen molar-refractivity contribution in [1.29, 1.82) is 0 Å². The van der Waals surface area contributed by atoms with E-state index in [4.69, 9.17) is 14.2 Å². The Kier molecular flexibility index (Phi) is 7.01. The van der Waals surface area contributed by atoms with Crippen molar-refractivity contribution in [2.45, 2.75) is 39.3 Å². The Morgan fingerprint density at radius 1 is 1.07 bits per heavy atom. The number of nitrogens with one attached hydrogen (secondary N) is 1. The lowest BCUT2D eigenvalue weighted by molar-refractivity contribution is -0.258. The van der Waals surface area contributed by atoms with E-state index in [9.17, 15) is 9.59 Å². The van der Waals surface area contributed by atoms with E-state index in [1.807, 2.05) is 74.5 Å². The van der Waals surface area contributed by atoms with Crippen molar-refractivity contribution in [3.05, 3.63) is 71.8 Å². The molecule has 1 aliphatic heterocycles. The maximum absolute atomic E-state index is 12.7. The molecule has 1 fully saturated rings. The molecule has 3 rings (SSSR count). The van der Waals surface area contributed by atoms with Crippen molar-refractivity contribution in [2.24, 2.45) is 5.41 Å². The molecule has 1 N–H and O–H groups in total. The van der Waals surface area contributed by atoms with Gasteiger partial charge in [0, 0.05) is 17.5 Å². The number of hydrogen-bond acceptors (Lipinski definition) is 5. The Morgan fingerprint density at radius 2 is 1.72 bits per heavy atom. The molecule has 1 saturated heterocycles. The number of ether oxygens (including phenoxy) is 3. The van der Waals surface area contributed by atoms with Crippen LogP contribution < -0.4 is 5.32 Å². The molecule has 6 nitrogen and oxygen atoms in total. The Labute approximate surface area is 171 Å². The molecule has 0 saturated carbocycles. The van der Waals surface area contributed by atoms with E-state index >= 15 is 0 Å². The van der Waals surface area contributed by atoms with E-state index in [-0.39, 0.29) is 31.4 Å². The minimum absolute atomic E-state index is 0.102. The molecule has 29 heavy (non-hydrogen) atoms. The van der Waals surface area contributed by atoms with Crippen LogP contribution in [0, 0.1) is 5.41 Å². The fourth-order valence-corrected chi connectivity index (χ4v) is 3.11. The molecule has 1 amide bonds. The number of benzene rings is 2. The largest absolute Gasteiger partial charge is 0.461 e. The predicted octanol–water partition coefficient (Wildman–Crippen LogP) is 3.38. The fraction of sp³-hybridized carbons (Fsp3) is 0.391. The van der Waals surface area contributed by atoms with Crippen molar-refractivity contribution in [1.82, 2.24) is 5.32 Å². The summed E-state index contributed by atoms with van der Waals surface area (Å²) < 4.78 is 17.0. The highest BCUT2D eigenvalue weighted by atomic mass is 16.7. The average Bonchev–Trinajstić information content (AvgIpc) is 2.73. The lowest BCUT2D eigenvalue weighted by Gasteiger charge is -2.41. The van der Waals surface area contributed by atoms with Gasteiger partial charge in [0.15, 0.2) is 6.29 Å². The van der Waals surface area contributed by atoms with E-state index in [2.05, 4.69) is 5.32 Å². The van der Waals surface area contributed by atoms with Crippen molar-refractivity contribution in [3.63, 3.8) is 0 Å². The van der Waals surface area contributed by atoms with Crippen LogP contribution in [0.5, 0.6) is 0 Å². The van der Waals surface area contributed by atoms with Crippen LogP contribution in [-0.4, -0.2) is 31.1 Å². The first kappa shape index (κ1) is 21.0. The van der Waals surface area contributed by atoms with Gasteiger partial charge in [-0.25, -0.2) is 0 Å². The minimum Gasteiger partial charge on any atom is -0.461 e. The number of carbonyl (C=O) groups is 2. The zero-order valence-electron chi connectivity index (χ0n) is 16.8. The molecule has 1 aliphatic rings. The normalized spacial score (nSPS) is 20.6. The molecule has 2 atom stereocenters. The first-order valence-electron chi connectivity index (χ1n) is 9.75. The summed E-state index contributed by atoms with van der Waals surface area (Å²) in [7, 11) is 0. The summed E-state index contributed by atoms with van der Waals surface area (Å²) in [5, 5.41) is 2.79. The summed E-state index contributed by atoms with van der Waals surface area (Å²) in [4.78, 5) is 24.6. The minimum atomic E-state index is -0.679. The van der Waals surface area contributed by atoms with Crippen molar-refractivity contribution >= 4 is 11.9 Å². The van der Waals surface area contributed by atoms with E-state index in [0.29, 0.717) is 6.61 Å². The number of esters is 1. The summed E-state index contributed by atoms with van der Waals surface area (Å²) in [6.07, 6.45) is -1.16. The third kappa shape index (κ3) is 5.89. The summed E-state index contributed by atoms with van der Waals surface area (Å²) >= 11 is 0. The Hall–Kier alpha value is -2.70. The number of amides is 1. The van der Waals surface area contributed by atoms with Crippen LogP contribution in [0.3, 0.4) is 0 Å². The van der Waals surface area contributed by atoms with Crippen molar-refractivity contribution < 1.29 is 23.8 Å². The smallest absolute Gasteiger partial charge is 0.307 e. The standard InChI is InChI=1S/C23H27NO5/c1-23(2)16-28-22(18-11-7-4-8-12-18)29-20(23)21(26)24-14-13-19(25)27-15-17-9-5-3-6-10-17/h3-12,20,22H,13-16H2,1-2H3,(H,24,26). The van der Waals surface area contributed by atoms with Gasteiger partial charge in [0.05, 0.1) is 13.0 Å². The van der Waals surface area contributed by atoms with Crippen LogP contribution in [-0.2, 0) is 30.4 Å². The highest BCUT2D eigenvalue weighted by Gasteiger charge is 2.43. The lowest BCUT2D eigenvalue weighted by atomic mass is 9.85. The predicted molar refractivity (Wildman–Crippen MR) is 108 cm³/mol. The quantitative estimate of drug-likeness (QED) is 0.725. The highest BCUT2D eigenvalue weighted by Crippen LogP contribution is 2.36. The molecule has 6 heteroatoms. The SMILES string of the molecule is CC1(C)COC(c2ccccc2)OC1C(=O)NCCC(=O)OCc1ccccc1. The maximum Gasteiger partial charge on any atom is 0.307 e. The zero-order chi connectivity index (χ0) is 20.7. The topological polar surface area (TPSA) is 73.9 Å². The van der Waals surface area contributed by atoms with Crippen LogP contribution in [0.1, 0.15) is 37.7 Å². The van der Waals surface area contributed by atoms with Gasteiger partial charge in [-0.3, -0.25) is 9.59 Å². The van der Waals surface area contributed by atoms with E-state index in [0.717, 1.165) is 11.1 Å². The molecule has 0 radical (unpaired) electrons. The van der Waals surface area contributed by atoms with Gasteiger partial charge >= 0.3 is 5.97 Å². The number of carbonyl (C=O) groups excluding carboxylic acids is 2. The third-order valence-electron chi connectivity index (χ3n) is 4.76. The molecule has 154 valence electrons. The molecule has 0 aliphatic carbocycles. The molecule has 2 aromatic carbocycles. The van der Waals surface area contributed by atoms with Gasteiger partial charge in [-0.1, -0.05) is 74.5 Å². The molecule has 0 spiro atoms. The molecule has 2 unspecified atom stereocenters. The average molecular weight is 397 g/mol. The van der Waals surface area contributed by atoms with Gasteiger partial charge in [0.25, 0.3) is 0 Å². The second-order valence-electron chi connectivity index (χ2n) is 7.75. The molecule has 2 aromatic rings. The van der Waals surface area contributed by atoms with Crippen LogP contribution in [0.25, 0.3) is 0 Å². The van der Waals surface area contributed by atoms with Crippen LogP contribution in [0.2, 0.25) is 0 Å². The van der Waals surface area contributed by atoms with Gasteiger partial charge in [-0.05, 0) is 5.56 Å². The second kappa shape index (κ2) is 9.67. The molecule has 0 aromatic heterocycles. The van der Waals surface area contributed by atoms with E-state index < -0.39 is 17.8 Å². The Bertz CT molecular complexity index is 807. The van der Waals surface area contributed by atoms with Gasteiger partial charge in [0.2, 0.25) is 5.91 Å². The van der Waals surface area contributed by atoms with Crippen LogP contribution in [0.4, 0.5) is 0 Å². The van der Waals surface area contributed by atoms with Gasteiger partial charge in [-0.15, -0.1) is 0 Å². The first-order valence-corrected chi connectivity index (χ1v) is 9.75. The van der Waals surface area contributed by atoms with Crippen molar-refractivity contribution in [2.75, 3.05) is 13.2 Å². The first-order chi connectivity index (χ1) is 14.0. The number of hydrogen-bond donors (Lipinski definition) is 1. The third-order valence-corrected chi connectivity index (χ3v) is 4.76. The molecule has 1 heterocycles. The molecular weight excluding hydrogens is 370 g/mol.